The first-order valence-electron chi connectivity index (χ1n) is 3.53. The van der Waals surface area contributed by atoms with Gasteiger partial charge in [-0.05, 0) is 19.0 Å². The van der Waals surface area contributed by atoms with E-state index in [0.29, 0.717) is 0 Å². The average molecular weight is 206 g/mol. The molecule has 1 aromatic heterocycles. The van der Waals surface area contributed by atoms with E-state index < -0.39 is 0 Å². The molecule has 5 heteroatoms. The van der Waals surface area contributed by atoms with E-state index in [1.807, 2.05) is 6.07 Å². The van der Waals surface area contributed by atoms with Gasteiger partial charge in [-0.1, -0.05) is 11.8 Å². The quantitative estimate of drug-likeness (QED) is 0.458. The third-order valence-corrected chi connectivity index (χ3v) is 2.08. The largest absolute Gasteiger partial charge is 0.330 e. The molecular weight excluding hydrogens is 194 g/mol. The first-order valence-corrected chi connectivity index (χ1v) is 4.52. The van der Waals surface area contributed by atoms with Gasteiger partial charge in [0.05, 0.1) is 0 Å². The van der Waals surface area contributed by atoms with E-state index >= 15 is 0 Å². The molecule has 0 aliphatic heterocycles. The molecule has 0 aliphatic carbocycles. The van der Waals surface area contributed by atoms with Crippen LogP contribution in [0.15, 0.2) is 23.6 Å². The molecular formula is C7H12ClN3S. The van der Waals surface area contributed by atoms with Crippen LogP contribution in [-0.4, -0.2) is 22.3 Å². The lowest BCUT2D eigenvalue weighted by molar-refractivity contribution is 0.925. The molecule has 0 bridgehead atoms. The van der Waals surface area contributed by atoms with Crippen LogP contribution in [-0.2, 0) is 0 Å². The summed E-state index contributed by atoms with van der Waals surface area (Å²) in [7, 11) is 0. The van der Waals surface area contributed by atoms with E-state index in [0.717, 1.165) is 23.9 Å². The Kier molecular flexibility index (Phi) is 7.14. The van der Waals surface area contributed by atoms with E-state index in [-0.39, 0.29) is 12.4 Å². The van der Waals surface area contributed by atoms with Gasteiger partial charge >= 0.3 is 0 Å². The van der Waals surface area contributed by atoms with Crippen molar-refractivity contribution in [1.82, 2.24) is 9.97 Å². The third kappa shape index (κ3) is 4.54. The van der Waals surface area contributed by atoms with Crippen LogP contribution in [0.4, 0.5) is 0 Å². The number of thioether (sulfide) groups is 1. The monoisotopic (exact) mass is 205 g/mol. The van der Waals surface area contributed by atoms with Crippen LogP contribution in [0.2, 0.25) is 0 Å². The van der Waals surface area contributed by atoms with E-state index in [2.05, 4.69) is 9.97 Å². The van der Waals surface area contributed by atoms with E-state index in [1.54, 1.807) is 24.2 Å². The van der Waals surface area contributed by atoms with Crippen molar-refractivity contribution in [1.29, 1.82) is 0 Å². The fraction of sp³-hybridized carbons (Fsp3) is 0.429. The Morgan fingerprint density at radius 3 is 2.58 bits per heavy atom. The Bertz CT molecular complexity index is 195. The molecule has 0 unspecified atom stereocenters. The highest BCUT2D eigenvalue weighted by molar-refractivity contribution is 7.99. The van der Waals surface area contributed by atoms with Crippen LogP contribution in [0, 0.1) is 0 Å². The highest BCUT2D eigenvalue weighted by Crippen LogP contribution is 2.10. The van der Waals surface area contributed by atoms with Crippen molar-refractivity contribution in [2.45, 2.75) is 11.6 Å². The molecule has 2 N–H and O–H groups in total. The molecule has 0 saturated carbocycles. The number of nitrogens with two attached hydrogens (primary N) is 1. The molecule has 1 rings (SSSR count). The second-order valence-corrected chi connectivity index (χ2v) is 3.08. The number of nitrogens with zero attached hydrogens (tertiary/aromatic N) is 2. The van der Waals surface area contributed by atoms with Gasteiger partial charge in [0.2, 0.25) is 0 Å². The molecule has 0 saturated heterocycles. The minimum absolute atomic E-state index is 0. The summed E-state index contributed by atoms with van der Waals surface area (Å²) in [5.74, 6) is 1.00. The molecule has 0 aliphatic rings. The highest BCUT2D eigenvalue weighted by Gasteiger charge is 1.92. The van der Waals surface area contributed by atoms with Gasteiger partial charge in [-0.2, -0.15) is 0 Å². The first-order chi connectivity index (χ1) is 5.43. The summed E-state index contributed by atoms with van der Waals surface area (Å²) in [4.78, 5) is 8.12. The molecule has 68 valence electrons. The maximum atomic E-state index is 5.34. The first kappa shape index (κ1) is 11.7. The smallest absolute Gasteiger partial charge is 0.187 e. The van der Waals surface area contributed by atoms with E-state index in [4.69, 9.17) is 5.73 Å². The fourth-order valence-corrected chi connectivity index (χ4v) is 1.37. The van der Waals surface area contributed by atoms with Gasteiger partial charge in [-0.3, -0.25) is 0 Å². The van der Waals surface area contributed by atoms with Gasteiger partial charge in [-0.25, -0.2) is 9.97 Å². The van der Waals surface area contributed by atoms with Crippen LogP contribution in [0.3, 0.4) is 0 Å². The van der Waals surface area contributed by atoms with Crippen molar-refractivity contribution < 1.29 is 0 Å². The summed E-state index contributed by atoms with van der Waals surface area (Å²) in [6.07, 6.45) is 4.51. The normalized spacial score (nSPS) is 9.08. The predicted octanol–water partition coefficient (Wildman–Crippen LogP) is 1.34. The van der Waals surface area contributed by atoms with Crippen LogP contribution >= 0.6 is 24.2 Å². The van der Waals surface area contributed by atoms with Gasteiger partial charge in [0.15, 0.2) is 5.16 Å². The SMILES string of the molecule is Cl.NCCCSc1ncccn1. The third-order valence-electron chi connectivity index (χ3n) is 1.12. The van der Waals surface area contributed by atoms with E-state index in [1.165, 1.54) is 0 Å². The van der Waals surface area contributed by atoms with Crippen LogP contribution in [0.1, 0.15) is 6.42 Å². The van der Waals surface area contributed by atoms with Crippen molar-refractivity contribution in [3.8, 4) is 0 Å². The summed E-state index contributed by atoms with van der Waals surface area (Å²) in [5, 5.41) is 0.834. The lowest BCUT2D eigenvalue weighted by Gasteiger charge is -1.95. The second-order valence-electron chi connectivity index (χ2n) is 2.02. The molecule has 0 amide bonds. The zero-order valence-corrected chi connectivity index (χ0v) is 8.27. The lowest BCUT2D eigenvalue weighted by atomic mass is 10.5. The van der Waals surface area contributed by atoms with Crippen LogP contribution in [0.5, 0.6) is 0 Å². The van der Waals surface area contributed by atoms with Gasteiger partial charge in [0.1, 0.15) is 0 Å². The van der Waals surface area contributed by atoms with Crippen molar-refractivity contribution in [2.24, 2.45) is 5.73 Å². The summed E-state index contributed by atoms with van der Waals surface area (Å²) in [5.41, 5.74) is 5.34. The number of aromatic nitrogens is 2. The molecule has 0 fully saturated rings. The zero-order chi connectivity index (χ0) is 7.94. The minimum Gasteiger partial charge on any atom is -0.330 e. The Hall–Kier alpha value is -0.320. The van der Waals surface area contributed by atoms with Gasteiger partial charge in [0, 0.05) is 18.1 Å². The summed E-state index contributed by atoms with van der Waals surface area (Å²) in [6.45, 7) is 0.736. The summed E-state index contributed by atoms with van der Waals surface area (Å²) >= 11 is 1.64. The fourth-order valence-electron chi connectivity index (χ4n) is 0.607. The van der Waals surface area contributed by atoms with Gasteiger partial charge < -0.3 is 5.73 Å². The number of rotatable bonds is 4. The maximum absolute atomic E-state index is 5.34. The zero-order valence-electron chi connectivity index (χ0n) is 6.64. The van der Waals surface area contributed by atoms with Crippen molar-refractivity contribution in [2.75, 3.05) is 12.3 Å². The maximum Gasteiger partial charge on any atom is 0.187 e. The number of hydrogen-bond donors (Lipinski definition) is 1. The number of halogens is 1. The molecule has 12 heavy (non-hydrogen) atoms. The molecule has 3 nitrogen and oxygen atoms in total. The molecule has 0 spiro atoms. The Balaban J connectivity index is 0.00000121. The molecule has 0 radical (unpaired) electrons. The highest BCUT2D eigenvalue weighted by atomic mass is 35.5. The van der Waals surface area contributed by atoms with Gasteiger partial charge in [-0.15, -0.1) is 12.4 Å². The van der Waals surface area contributed by atoms with Gasteiger partial charge in [0.25, 0.3) is 0 Å². The Morgan fingerprint density at radius 1 is 1.33 bits per heavy atom. The topological polar surface area (TPSA) is 51.8 Å². The average Bonchev–Trinajstić information content (AvgIpc) is 2.07. The standard InChI is InChI=1S/C7H11N3S.ClH/c8-3-1-6-11-7-9-4-2-5-10-7;/h2,4-5H,1,3,6,8H2;1H. The van der Waals surface area contributed by atoms with E-state index in [9.17, 15) is 0 Å². The summed E-state index contributed by atoms with van der Waals surface area (Å²) < 4.78 is 0. The van der Waals surface area contributed by atoms with Crippen LogP contribution in [0.25, 0.3) is 0 Å². The predicted molar refractivity (Wildman–Crippen MR) is 53.7 cm³/mol. The lowest BCUT2D eigenvalue weighted by Crippen LogP contribution is -1.99. The summed E-state index contributed by atoms with van der Waals surface area (Å²) in [6, 6.07) is 1.81. The molecule has 0 aromatic carbocycles. The molecule has 1 aromatic rings. The van der Waals surface area contributed by atoms with Crippen molar-refractivity contribution >= 4 is 24.2 Å². The number of hydrogen-bond acceptors (Lipinski definition) is 4. The van der Waals surface area contributed by atoms with Crippen molar-refractivity contribution in [3.05, 3.63) is 18.5 Å². The molecule has 1 heterocycles. The Labute approximate surface area is 82.6 Å². The van der Waals surface area contributed by atoms with Crippen molar-refractivity contribution in [3.63, 3.8) is 0 Å². The van der Waals surface area contributed by atoms with Crippen LogP contribution < -0.4 is 5.73 Å². The second kappa shape index (κ2) is 7.34. The molecule has 0 atom stereocenters. The Morgan fingerprint density at radius 2 is 2.00 bits per heavy atom. The minimum atomic E-state index is 0.